The highest BCUT2D eigenvalue weighted by Crippen LogP contribution is 2.12. The quantitative estimate of drug-likeness (QED) is 0.761. The van der Waals surface area contributed by atoms with Crippen LogP contribution in [0.5, 0.6) is 0 Å². The molecule has 3 heterocycles. The Morgan fingerprint density at radius 1 is 1.12 bits per heavy atom. The molecular formula is C15H18N4O5. The van der Waals surface area contributed by atoms with Gasteiger partial charge in [-0.25, -0.2) is 4.79 Å². The number of urea groups is 1. The molecule has 1 aromatic heterocycles. The zero-order valence-corrected chi connectivity index (χ0v) is 13.0. The van der Waals surface area contributed by atoms with E-state index in [1.165, 1.54) is 6.26 Å². The summed E-state index contributed by atoms with van der Waals surface area (Å²) >= 11 is 0. The van der Waals surface area contributed by atoms with Crippen molar-refractivity contribution in [3.8, 4) is 0 Å². The third-order valence-corrected chi connectivity index (χ3v) is 4.13. The van der Waals surface area contributed by atoms with Crippen molar-refractivity contribution in [2.45, 2.75) is 18.9 Å². The maximum absolute atomic E-state index is 12.5. The van der Waals surface area contributed by atoms with E-state index in [-0.39, 0.29) is 30.4 Å². The van der Waals surface area contributed by atoms with E-state index in [0.717, 1.165) is 0 Å². The fourth-order valence-corrected chi connectivity index (χ4v) is 2.82. The number of hydrogen-bond acceptors (Lipinski definition) is 5. The zero-order valence-electron chi connectivity index (χ0n) is 13.0. The topological polar surface area (TPSA) is 112 Å². The summed E-state index contributed by atoms with van der Waals surface area (Å²) in [5.74, 6) is -0.554. The summed E-state index contributed by atoms with van der Waals surface area (Å²) < 4.78 is 5.10. The Balaban J connectivity index is 1.56. The van der Waals surface area contributed by atoms with Crippen LogP contribution in [0.4, 0.5) is 4.79 Å². The van der Waals surface area contributed by atoms with Crippen molar-refractivity contribution < 1.29 is 23.6 Å². The van der Waals surface area contributed by atoms with Crippen LogP contribution in [0.3, 0.4) is 0 Å². The predicted octanol–water partition coefficient (Wildman–Crippen LogP) is -0.448. The van der Waals surface area contributed by atoms with Gasteiger partial charge in [-0.2, -0.15) is 0 Å². The number of carbonyl (C=O) groups is 4. The molecule has 0 aromatic carbocycles. The first-order valence-electron chi connectivity index (χ1n) is 7.76. The largest absolute Gasteiger partial charge is 0.459 e. The minimum absolute atomic E-state index is 0.117. The van der Waals surface area contributed by atoms with Gasteiger partial charge in [0.25, 0.3) is 5.91 Å². The molecule has 5 amide bonds. The van der Waals surface area contributed by atoms with Crippen LogP contribution in [0.1, 0.15) is 23.4 Å². The van der Waals surface area contributed by atoms with Gasteiger partial charge >= 0.3 is 6.03 Å². The van der Waals surface area contributed by atoms with Crippen LogP contribution in [0.25, 0.3) is 0 Å². The molecule has 9 nitrogen and oxygen atoms in total. The van der Waals surface area contributed by atoms with Gasteiger partial charge in [0.15, 0.2) is 5.76 Å². The van der Waals surface area contributed by atoms with Crippen molar-refractivity contribution >= 4 is 23.8 Å². The van der Waals surface area contributed by atoms with Crippen LogP contribution in [-0.2, 0) is 9.59 Å². The van der Waals surface area contributed by atoms with Crippen molar-refractivity contribution in [2.24, 2.45) is 0 Å². The van der Waals surface area contributed by atoms with Crippen molar-refractivity contribution in [1.29, 1.82) is 0 Å². The van der Waals surface area contributed by atoms with Gasteiger partial charge in [0.2, 0.25) is 11.8 Å². The molecule has 2 N–H and O–H groups in total. The van der Waals surface area contributed by atoms with Gasteiger partial charge in [-0.05, 0) is 18.6 Å². The van der Waals surface area contributed by atoms with Crippen molar-refractivity contribution in [1.82, 2.24) is 20.4 Å². The minimum Gasteiger partial charge on any atom is -0.459 e. The highest BCUT2D eigenvalue weighted by molar-refractivity contribution is 5.98. The second kappa shape index (κ2) is 6.73. The predicted molar refractivity (Wildman–Crippen MR) is 80.9 cm³/mol. The Morgan fingerprint density at radius 3 is 2.50 bits per heavy atom. The van der Waals surface area contributed by atoms with Gasteiger partial charge in [-0.15, -0.1) is 0 Å². The summed E-state index contributed by atoms with van der Waals surface area (Å²) in [6.45, 7) is 1.53. The molecular weight excluding hydrogens is 316 g/mol. The Labute approximate surface area is 137 Å². The molecule has 0 bridgehead atoms. The third kappa shape index (κ3) is 3.39. The van der Waals surface area contributed by atoms with E-state index in [1.54, 1.807) is 21.9 Å². The van der Waals surface area contributed by atoms with Crippen LogP contribution in [0.15, 0.2) is 22.8 Å². The summed E-state index contributed by atoms with van der Waals surface area (Å²) in [5.41, 5.74) is 0. The molecule has 1 atom stereocenters. The number of amides is 5. The molecule has 0 aliphatic carbocycles. The van der Waals surface area contributed by atoms with Gasteiger partial charge in [0.1, 0.15) is 6.04 Å². The Kier molecular flexibility index (Phi) is 4.50. The lowest BCUT2D eigenvalue weighted by molar-refractivity contribution is -0.134. The van der Waals surface area contributed by atoms with Gasteiger partial charge in [0.05, 0.1) is 6.26 Å². The maximum Gasteiger partial charge on any atom is 0.322 e. The van der Waals surface area contributed by atoms with E-state index in [4.69, 9.17) is 4.42 Å². The molecule has 0 unspecified atom stereocenters. The van der Waals surface area contributed by atoms with Crippen LogP contribution < -0.4 is 10.6 Å². The fraction of sp³-hybridized carbons (Fsp3) is 0.467. The average Bonchev–Trinajstić information content (AvgIpc) is 3.06. The Hall–Kier alpha value is -2.84. The van der Waals surface area contributed by atoms with E-state index < -0.39 is 18.0 Å². The number of piperazine rings is 1. The number of nitrogens with one attached hydrogen (secondary N) is 2. The van der Waals surface area contributed by atoms with Crippen LogP contribution in [-0.4, -0.2) is 65.8 Å². The smallest absolute Gasteiger partial charge is 0.322 e. The standard InChI is InChI=1S/C15H18N4O5/c20-12-4-3-10(16-15(23)17-12)13(21)18-5-7-19(8-6-18)14(22)11-2-1-9-24-11/h1-2,9-10H,3-8H2,(H2,16,17,20,23)/t10-/m0/s1. The molecule has 2 saturated heterocycles. The monoisotopic (exact) mass is 334 g/mol. The van der Waals surface area contributed by atoms with E-state index in [2.05, 4.69) is 10.6 Å². The van der Waals surface area contributed by atoms with Gasteiger partial charge < -0.3 is 19.5 Å². The summed E-state index contributed by atoms with van der Waals surface area (Å²) in [5, 5.41) is 4.65. The summed E-state index contributed by atoms with van der Waals surface area (Å²) in [4.78, 5) is 50.7. The molecule has 0 spiro atoms. The number of nitrogens with zero attached hydrogens (tertiary/aromatic N) is 2. The van der Waals surface area contributed by atoms with Crippen LogP contribution in [0, 0.1) is 0 Å². The van der Waals surface area contributed by atoms with E-state index >= 15 is 0 Å². The van der Waals surface area contributed by atoms with E-state index in [1.807, 2.05) is 0 Å². The zero-order chi connectivity index (χ0) is 17.1. The molecule has 2 aliphatic heterocycles. The first-order valence-corrected chi connectivity index (χ1v) is 7.76. The average molecular weight is 334 g/mol. The lowest BCUT2D eigenvalue weighted by Gasteiger charge is -2.35. The highest BCUT2D eigenvalue weighted by Gasteiger charge is 2.32. The molecule has 128 valence electrons. The number of furan rings is 1. The second-order valence-electron chi connectivity index (χ2n) is 5.71. The molecule has 9 heteroatoms. The lowest BCUT2D eigenvalue weighted by Crippen LogP contribution is -2.56. The van der Waals surface area contributed by atoms with Crippen molar-refractivity contribution in [3.63, 3.8) is 0 Å². The maximum atomic E-state index is 12.5. The van der Waals surface area contributed by atoms with E-state index in [9.17, 15) is 19.2 Å². The van der Waals surface area contributed by atoms with Gasteiger partial charge in [-0.1, -0.05) is 0 Å². The summed E-state index contributed by atoms with van der Waals surface area (Å²) in [6, 6.07) is 1.88. The summed E-state index contributed by atoms with van der Waals surface area (Å²) in [6.07, 6.45) is 1.82. The van der Waals surface area contributed by atoms with Gasteiger partial charge in [-0.3, -0.25) is 19.7 Å². The van der Waals surface area contributed by atoms with Crippen molar-refractivity contribution in [3.05, 3.63) is 24.2 Å². The van der Waals surface area contributed by atoms with Crippen molar-refractivity contribution in [2.75, 3.05) is 26.2 Å². The Morgan fingerprint density at radius 2 is 1.83 bits per heavy atom. The van der Waals surface area contributed by atoms with Gasteiger partial charge in [0, 0.05) is 32.6 Å². The molecule has 0 saturated carbocycles. The minimum atomic E-state index is -0.719. The second-order valence-corrected chi connectivity index (χ2v) is 5.71. The molecule has 1 aromatic rings. The summed E-state index contributed by atoms with van der Waals surface area (Å²) in [7, 11) is 0. The number of hydrogen-bond donors (Lipinski definition) is 2. The molecule has 24 heavy (non-hydrogen) atoms. The molecule has 2 fully saturated rings. The number of imide groups is 1. The molecule has 3 rings (SSSR count). The number of carbonyl (C=O) groups excluding carboxylic acids is 4. The first kappa shape index (κ1) is 16.0. The Bertz CT molecular complexity index is 649. The van der Waals surface area contributed by atoms with Crippen LogP contribution in [0.2, 0.25) is 0 Å². The van der Waals surface area contributed by atoms with Crippen LogP contribution >= 0.6 is 0 Å². The van der Waals surface area contributed by atoms with E-state index in [0.29, 0.717) is 26.2 Å². The third-order valence-electron chi connectivity index (χ3n) is 4.13. The molecule has 2 aliphatic rings. The fourth-order valence-electron chi connectivity index (χ4n) is 2.82. The first-order chi connectivity index (χ1) is 11.5. The highest BCUT2D eigenvalue weighted by atomic mass is 16.3. The number of rotatable bonds is 2. The SMILES string of the molecule is O=C1CC[C@@H](C(=O)N2CCN(C(=O)c3ccco3)CC2)NC(=O)N1. The lowest BCUT2D eigenvalue weighted by atomic mass is 10.1. The molecule has 0 radical (unpaired) electrons. The normalized spacial score (nSPS) is 21.8.